The number of thiol groups is 2. The summed E-state index contributed by atoms with van der Waals surface area (Å²) in [7, 11) is 4.35. The number of hydrogen-bond acceptors (Lipinski definition) is 18. The summed E-state index contributed by atoms with van der Waals surface area (Å²) in [6.07, 6.45) is 0.846. The van der Waals surface area contributed by atoms with Crippen molar-refractivity contribution in [3.05, 3.63) is 22.7 Å². The quantitative estimate of drug-likeness (QED) is 0.0195. The molecule has 0 radical (unpaired) electrons. The zero-order chi connectivity index (χ0) is 32.4. The van der Waals surface area contributed by atoms with E-state index in [1.54, 1.807) is 13.8 Å². The van der Waals surface area contributed by atoms with Crippen molar-refractivity contribution >= 4 is 105 Å². The largest absolute Gasteiger partial charge is 0.504 e. The predicted octanol–water partition coefficient (Wildman–Crippen LogP) is 0.877. The fourth-order valence-corrected chi connectivity index (χ4v) is 7.42. The SMILES string of the molecule is CCOC(=O)C(CSSN[C@H](C=O)CS)NC(=O)C1=C(O)C(O)=C(C(=O)NC(CSSN[C@H](C=O)CS)C(=O)OCC)C1. The Labute approximate surface area is 275 Å². The van der Waals surface area contributed by atoms with Gasteiger partial charge in [-0.1, -0.05) is 21.6 Å². The van der Waals surface area contributed by atoms with Crippen LogP contribution in [-0.4, -0.2) is 107 Å². The first-order chi connectivity index (χ1) is 20.6. The van der Waals surface area contributed by atoms with E-state index in [9.17, 15) is 39.0 Å². The summed E-state index contributed by atoms with van der Waals surface area (Å²) in [6, 6.07) is -3.40. The van der Waals surface area contributed by atoms with Crippen molar-refractivity contribution < 1.29 is 48.5 Å². The summed E-state index contributed by atoms with van der Waals surface area (Å²) in [5, 5.41) is 25.8. The van der Waals surface area contributed by atoms with Crippen LogP contribution in [0.3, 0.4) is 0 Å². The van der Waals surface area contributed by atoms with Gasteiger partial charge in [-0.15, -0.1) is 0 Å². The van der Waals surface area contributed by atoms with E-state index in [-0.39, 0.29) is 47.4 Å². The second kappa shape index (κ2) is 21.9. The van der Waals surface area contributed by atoms with Gasteiger partial charge in [-0.25, -0.2) is 19.0 Å². The van der Waals surface area contributed by atoms with Crippen LogP contribution in [0.25, 0.3) is 0 Å². The van der Waals surface area contributed by atoms with Crippen molar-refractivity contribution in [1.82, 2.24) is 20.1 Å². The number of carbonyl (C=O) groups is 6. The Bertz CT molecular complexity index is 984. The van der Waals surface area contributed by atoms with E-state index in [1.165, 1.54) is 0 Å². The minimum Gasteiger partial charge on any atom is -0.504 e. The standard InChI is InChI=1S/C23H34N4O10S6/c1-3-36-22(34)16(10-40-42-26-12(6-28)8-38)24-20(32)14-5-15(19(31)18(14)30)21(33)25-17(23(35)37-4-2)11-41-43-27-13(7-29)9-39/h6-7,12-13,16-17,26-27,30-31,38-39H,3-5,8-11H2,1-2H3,(H,24,32)(H,25,33)/t12-,13-,16?,17?/m1/s1. The van der Waals surface area contributed by atoms with Crippen molar-refractivity contribution in [2.75, 3.05) is 36.2 Å². The topological polar surface area (TPSA) is 209 Å². The zero-order valence-corrected chi connectivity index (χ0v) is 28.2. The Morgan fingerprint density at radius 1 is 0.791 bits per heavy atom. The lowest BCUT2D eigenvalue weighted by molar-refractivity contribution is -0.146. The van der Waals surface area contributed by atoms with Crippen LogP contribution in [0, 0.1) is 0 Å². The number of aliphatic hydroxyl groups is 2. The van der Waals surface area contributed by atoms with Gasteiger partial charge in [0, 0.05) is 29.4 Å². The van der Waals surface area contributed by atoms with E-state index in [0.717, 1.165) is 43.5 Å². The number of rotatable bonds is 22. The van der Waals surface area contributed by atoms with Crippen LogP contribution in [-0.2, 0) is 38.2 Å². The number of hydrogen-bond donors (Lipinski definition) is 8. The molecule has 0 aromatic rings. The highest BCUT2D eigenvalue weighted by Gasteiger charge is 2.36. The number of aliphatic hydroxyl groups excluding tert-OH is 2. The van der Waals surface area contributed by atoms with Gasteiger partial charge in [-0.3, -0.25) is 9.59 Å². The van der Waals surface area contributed by atoms with Gasteiger partial charge in [-0.05, 0) is 35.8 Å². The lowest BCUT2D eigenvalue weighted by atomic mass is 10.1. The van der Waals surface area contributed by atoms with Crippen LogP contribution in [0.4, 0.5) is 0 Å². The normalized spacial score (nSPS) is 15.7. The monoisotopic (exact) mass is 718 g/mol. The fraction of sp³-hybridized carbons (Fsp3) is 0.565. The first kappa shape index (κ1) is 39.3. The van der Waals surface area contributed by atoms with E-state index in [1.807, 2.05) is 0 Å². The molecule has 0 fully saturated rings. The third-order valence-electron chi connectivity index (χ3n) is 5.16. The lowest BCUT2D eigenvalue weighted by Gasteiger charge is -2.18. The first-order valence-electron chi connectivity index (χ1n) is 12.6. The van der Waals surface area contributed by atoms with Crippen molar-refractivity contribution in [2.24, 2.45) is 0 Å². The number of nitrogens with one attached hydrogen (secondary N) is 4. The molecule has 0 saturated carbocycles. The van der Waals surface area contributed by atoms with Crippen molar-refractivity contribution in [1.29, 1.82) is 0 Å². The van der Waals surface area contributed by atoms with Crippen LogP contribution in [0.5, 0.6) is 0 Å². The molecule has 0 aromatic heterocycles. The maximum absolute atomic E-state index is 13.0. The average molecular weight is 719 g/mol. The molecule has 1 aliphatic rings. The summed E-state index contributed by atoms with van der Waals surface area (Å²) in [5.74, 6) is -4.57. The predicted molar refractivity (Wildman–Crippen MR) is 175 cm³/mol. The summed E-state index contributed by atoms with van der Waals surface area (Å²) < 4.78 is 15.7. The third-order valence-corrected chi connectivity index (χ3v) is 10.0. The summed E-state index contributed by atoms with van der Waals surface area (Å²) >= 11 is 8.06. The second-order valence-corrected chi connectivity index (χ2v) is 13.3. The zero-order valence-electron chi connectivity index (χ0n) is 23.1. The van der Waals surface area contributed by atoms with E-state index >= 15 is 0 Å². The van der Waals surface area contributed by atoms with Crippen LogP contribution in [0.15, 0.2) is 22.7 Å². The second-order valence-electron chi connectivity index (χ2n) is 8.21. The molecule has 2 unspecified atom stereocenters. The van der Waals surface area contributed by atoms with Gasteiger partial charge in [0.15, 0.2) is 11.5 Å². The summed E-state index contributed by atoms with van der Waals surface area (Å²) in [6.45, 7) is 3.24. The van der Waals surface area contributed by atoms with Gasteiger partial charge in [0.1, 0.15) is 24.7 Å². The molecule has 0 saturated heterocycles. The van der Waals surface area contributed by atoms with Crippen molar-refractivity contribution in [3.63, 3.8) is 0 Å². The molecule has 0 aromatic carbocycles. The first-order valence-corrected chi connectivity index (χ1v) is 18.5. The maximum atomic E-state index is 13.0. The molecule has 0 bridgehead atoms. The van der Waals surface area contributed by atoms with Gasteiger partial charge >= 0.3 is 11.9 Å². The lowest BCUT2D eigenvalue weighted by Crippen LogP contribution is -2.45. The smallest absolute Gasteiger partial charge is 0.329 e. The number of esters is 2. The van der Waals surface area contributed by atoms with Crippen LogP contribution in [0.1, 0.15) is 20.3 Å². The molecule has 43 heavy (non-hydrogen) atoms. The van der Waals surface area contributed by atoms with E-state index in [2.05, 4.69) is 45.3 Å². The molecule has 14 nitrogen and oxygen atoms in total. The van der Waals surface area contributed by atoms with Gasteiger partial charge in [0.05, 0.1) is 36.4 Å². The molecule has 0 spiro atoms. The molecule has 0 aliphatic heterocycles. The molecule has 0 heterocycles. The third kappa shape index (κ3) is 13.5. The van der Waals surface area contributed by atoms with Crippen molar-refractivity contribution in [2.45, 2.75) is 44.4 Å². The highest BCUT2D eigenvalue weighted by Crippen LogP contribution is 2.30. The molecule has 20 heteroatoms. The maximum Gasteiger partial charge on any atom is 0.329 e. The minimum atomic E-state index is -1.17. The number of amides is 2. The molecule has 6 N–H and O–H groups in total. The Hall–Kier alpha value is -1.68. The Morgan fingerprint density at radius 2 is 1.16 bits per heavy atom. The average Bonchev–Trinajstić information content (AvgIpc) is 3.29. The van der Waals surface area contributed by atoms with Crippen LogP contribution < -0.4 is 20.1 Å². The molecular formula is C23H34N4O10S6. The molecule has 2 amide bonds. The highest BCUT2D eigenvalue weighted by atomic mass is 33.1. The molecular weight excluding hydrogens is 685 g/mol. The van der Waals surface area contributed by atoms with Crippen LogP contribution in [0.2, 0.25) is 0 Å². The number of aldehydes is 2. The van der Waals surface area contributed by atoms with Crippen molar-refractivity contribution in [3.8, 4) is 0 Å². The Balaban J connectivity index is 2.89. The highest BCUT2D eigenvalue weighted by molar-refractivity contribution is 8.76. The van der Waals surface area contributed by atoms with E-state index in [4.69, 9.17) is 9.47 Å². The Morgan fingerprint density at radius 3 is 1.47 bits per heavy atom. The van der Waals surface area contributed by atoms with E-state index in [0.29, 0.717) is 12.6 Å². The molecule has 242 valence electrons. The molecule has 4 atom stereocenters. The number of ether oxygens (including phenoxy) is 2. The molecule has 1 rings (SSSR count). The summed E-state index contributed by atoms with van der Waals surface area (Å²) in [4.78, 5) is 72.7. The summed E-state index contributed by atoms with van der Waals surface area (Å²) in [5.41, 5.74) is -0.755. The van der Waals surface area contributed by atoms with Gasteiger partial charge in [0.25, 0.3) is 11.8 Å². The van der Waals surface area contributed by atoms with Gasteiger partial charge in [0.2, 0.25) is 0 Å². The number of carbonyl (C=O) groups excluding carboxylic acids is 6. The minimum absolute atomic E-state index is 0.00846. The van der Waals surface area contributed by atoms with Gasteiger partial charge < -0.3 is 39.9 Å². The van der Waals surface area contributed by atoms with Gasteiger partial charge in [-0.2, -0.15) is 25.3 Å². The molecule has 1 aliphatic carbocycles. The Kier molecular flexibility index (Phi) is 20.1. The van der Waals surface area contributed by atoms with E-state index < -0.39 is 65.9 Å². The fourth-order valence-electron chi connectivity index (χ4n) is 2.93. The van der Waals surface area contributed by atoms with Crippen LogP contribution >= 0.6 is 68.8 Å².